The number of aromatic nitrogens is 1. The van der Waals surface area contributed by atoms with Crippen LogP contribution >= 0.6 is 0 Å². The van der Waals surface area contributed by atoms with E-state index < -0.39 is 5.41 Å². The summed E-state index contributed by atoms with van der Waals surface area (Å²) in [5.74, 6) is 0.461. The van der Waals surface area contributed by atoms with Gasteiger partial charge in [0.25, 0.3) is 0 Å². The first-order chi connectivity index (χ1) is 28.8. The van der Waals surface area contributed by atoms with Crippen molar-refractivity contribution in [1.29, 1.82) is 0 Å². The first kappa shape index (κ1) is 30.8. The van der Waals surface area contributed by atoms with Gasteiger partial charge >= 0.3 is 0 Å². The van der Waals surface area contributed by atoms with Crippen molar-refractivity contribution in [2.45, 2.75) is 11.3 Å². The van der Waals surface area contributed by atoms with Crippen LogP contribution in [0.1, 0.15) is 28.2 Å². The Morgan fingerprint density at radius 1 is 0.448 bits per heavy atom. The summed E-state index contributed by atoms with van der Waals surface area (Å²) in [5.41, 5.74) is 16.9. The second-order valence-electron chi connectivity index (χ2n) is 16.3. The van der Waals surface area contributed by atoms with E-state index in [-0.39, 0.29) is 11.8 Å². The molecule has 11 aromatic rings. The quantitative estimate of drug-likeness (QED) is 0.177. The lowest BCUT2D eigenvalue weighted by atomic mass is 9.61. The van der Waals surface area contributed by atoms with Gasteiger partial charge in [0.15, 0.2) is 0 Å². The summed E-state index contributed by atoms with van der Waals surface area (Å²) >= 11 is 0. The monoisotopic (exact) mass is 739 g/mol. The average molecular weight is 740 g/mol. The Hall–Kier alpha value is -7.36. The molecule has 3 aromatic heterocycles. The van der Waals surface area contributed by atoms with Crippen LogP contribution in [0.4, 0.5) is 0 Å². The lowest BCUT2D eigenvalue weighted by Gasteiger charge is -2.43. The van der Waals surface area contributed by atoms with Crippen LogP contribution in [0.5, 0.6) is 0 Å². The highest BCUT2D eigenvalue weighted by molar-refractivity contribution is 6.17. The second kappa shape index (κ2) is 10.9. The molecule has 1 aliphatic heterocycles. The van der Waals surface area contributed by atoms with E-state index in [0.29, 0.717) is 0 Å². The molecule has 1 spiro atoms. The van der Waals surface area contributed by atoms with Crippen LogP contribution in [-0.2, 0) is 5.41 Å². The van der Waals surface area contributed by atoms with Crippen LogP contribution in [0.15, 0.2) is 197 Å². The third-order valence-corrected chi connectivity index (χ3v) is 13.7. The number of para-hydroxylation sites is 5. The van der Waals surface area contributed by atoms with E-state index in [2.05, 4.69) is 187 Å². The highest BCUT2D eigenvalue weighted by Gasteiger charge is 2.56. The Kier molecular flexibility index (Phi) is 5.81. The Bertz CT molecular complexity index is 3660. The third kappa shape index (κ3) is 3.70. The zero-order valence-electron chi connectivity index (χ0n) is 31.3. The topological polar surface area (TPSA) is 31.2 Å². The molecule has 58 heavy (non-hydrogen) atoms. The molecule has 14 rings (SSSR count). The van der Waals surface area contributed by atoms with Crippen LogP contribution in [0, 0.1) is 5.92 Å². The van der Waals surface area contributed by atoms with Gasteiger partial charge in [-0.3, -0.25) is 0 Å². The van der Waals surface area contributed by atoms with Gasteiger partial charge in [0, 0.05) is 55.3 Å². The first-order valence-electron chi connectivity index (χ1n) is 20.3. The minimum absolute atomic E-state index is 0.199. The summed E-state index contributed by atoms with van der Waals surface area (Å²) in [5, 5.41) is 7.00. The molecule has 4 heterocycles. The Morgan fingerprint density at radius 3 is 1.84 bits per heavy atom. The molecule has 3 unspecified atom stereocenters. The summed E-state index contributed by atoms with van der Waals surface area (Å²) in [6.45, 7) is 0. The van der Waals surface area contributed by atoms with E-state index >= 15 is 0 Å². The van der Waals surface area contributed by atoms with Gasteiger partial charge in [0.2, 0.25) is 0 Å². The number of fused-ring (bicyclic) bond motifs is 18. The highest BCUT2D eigenvalue weighted by atomic mass is 16.3. The number of benzene rings is 8. The number of allylic oxidation sites excluding steroid dienone is 4. The molecule has 0 saturated carbocycles. The van der Waals surface area contributed by atoms with Crippen molar-refractivity contribution in [3.8, 4) is 27.9 Å². The Labute approximate surface area is 333 Å². The number of nitrogens with zero attached hydrogens (tertiary/aromatic N) is 1. The van der Waals surface area contributed by atoms with Gasteiger partial charge in [-0.25, -0.2) is 0 Å². The van der Waals surface area contributed by atoms with Crippen molar-refractivity contribution in [3.05, 3.63) is 210 Å². The molecule has 3 heteroatoms. The fourth-order valence-corrected chi connectivity index (χ4v) is 11.4. The Morgan fingerprint density at radius 2 is 1.07 bits per heavy atom. The molecule has 8 aromatic carbocycles. The standard InChI is InChI=1S/C55H33NO2/c1-5-21-44-36(13-1)37-14-2-6-22-45(37)55(44)46-23-7-8-24-49(46)56-48-28-27-32(34-17-11-19-40-38-15-3-9-25-50(38)57-53(34)40)29-42(48)43-30-33(31-47(55)52(43)56)35-18-12-20-41-39-16-4-10-26-51(39)58-54(35)41/h1-31,36,44H. The van der Waals surface area contributed by atoms with Crippen molar-refractivity contribution >= 4 is 65.7 Å². The molecular weight excluding hydrogens is 707 g/mol. The van der Waals surface area contributed by atoms with Crippen molar-refractivity contribution in [1.82, 2.24) is 4.57 Å². The van der Waals surface area contributed by atoms with E-state index in [9.17, 15) is 0 Å². The molecule has 3 aliphatic rings. The second-order valence-corrected chi connectivity index (χ2v) is 16.3. The van der Waals surface area contributed by atoms with E-state index in [1.807, 2.05) is 6.07 Å². The number of hydrogen-bond acceptors (Lipinski definition) is 2. The average Bonchev–Trinajstić information content (AvgIpc) is 4.03. The number of rotatable bonds is 2. The highest BCUT2D eigenvalue weighted by Crippen LogP contribution is 2.64. The van der Waals surface area contributed by atoms with Crippen LogP contribution in [0.25, 0.3) is 93.6 Å². The van der Waals surface area contributed by atoms with Crippen molar-refractivity contribution in [2.75, 3.05) is 0 Å². The minimum Gasteiger partial charge on any atom is -0.455 e. The lowest BCUT2D eigenvalue weighted by Crippen LogP contribution is -2.38. The molecule has 0 radical (unpaired) electrons. The van der Waals surface area contributed by atoms with Crippen molar-refractivity contribution in [2.24, 2.45) is 5.92 Å². The maximum absolute atomic E-state index is 6.75. The van der Waals surface area contributed by atoms with Gasteiger partial charge in [-0.2, -0.15) is 0 Å². The van der Waals surface area contributed by atoms with Crippen molar-refractivity contribution < 1.29 is 8.83 Å². The summed E-state index contributed by atoms with van der Waals surface area (Å²) in [7, 11) is 0. The van der Waals surface area contributed by atoms with Gasteiger partial charge in [-0.1, -0.05) is 146 Å². The van der Waals surface area contributed by atoms with Gasteiger partial charge in [0.05, 0.1) is 22.1 Å². The normalized spacial score (nSPS) is 19.0. The summed E-state index contributed by atoms with van der Waals surface area (Å²) in [6.07, 6.45) is 9.40. The van der Waals surface area contributed by atoms with Crippen LogP contribution in [0.2, 0.25) is 0 Å². The van der Waals surface area contributed by atoms with Crippen molar-refractivity contribution in [3.63, 3.8) is 0 Å². The minimum atomic E-state index is -0.428. The van der Waals surface area contributed by atoms with E-state index in [0.717, 1.165) is 66.1 Å². The molecule has 0 N–H and O–H groups in total. The summed E-state index contributed by atoms with van der Waals surface area (Å²) < 4.78 is 15.9. The number of furan rings is 2. The molecule has 3 atom stereocenters. The molecular formula is C55H33NO2. The van der Waals surface area contributed by atoms with Gasteiger partial charge < -0.3 is 13.4 Å². The number of hydrogen-bond donors (Lipinski definition) is 0. The zero-order valence-corrected chi connectivity index (χ0v) is 31.3. The third-order valence-electron chi connectivity index (χ3n) is 13.7. The molecule has 270 valence electrons. The van der Waals surface area contributed by atoms with Gasteiger partial charge in [-0.15, -0.1) is 0 Å². The molecule has 3 nitrogen and oxygen atoms in total. The van der Waals surface area contributed by atoms with E-state index in [1.165, 1.54) is 49.7 Å². The SMILES string of the molecule is C1=CC2c3ccccc3C3(c4ccccc4-n4c5ccc(-c6cccc7c6oc6ccccc67)cc5c5cc(-c6cccc7c6oc6ccccc67)cc3c54)C2C=C1. The first-order valence-corrected chi connectivity index (χ1v) is 20.3. The van der Waals surface area contributed by atoms with Crippen LogP contribution < -0.4 is 0 Å². The molecule has 0 amide bonds. The maximum atomic E-state index is 6.75. The largest absolute Gasteiger partial charge is 0.455 e. The molecule has 2 aliphatic carbocycles. The predicted molar refractivity (Wildman–Crippen MR) is 237 cm³/mol. The predicted octanol–water partition coefficient (Wildman–Crippen LogP) is 14.4. The smallest absolute Gasteiger partial charge is 0.143 e. The molecule has 0 saturated heterocycles. The van der Waals surface area contributed by atoms with Gasteiger partial charge in [-0.05, 0) is 75.8 Å². The Balaban J connectivity index is 1.15. The fraction of sp³-hybridized carbons (Fsp3) is 0.0545. The molecule has 0 bridgehead atoms. The summed E-state index contributed by atoms with van der Waals surface area (Å²) in [4.78, 5) is 0. The lowest BCUT2D eigenvalue weighted by molar-refractivity contribution is 0.454. The van der Waals surface area contributed by atoms with Gasteiger partial charge in [0.1, 0.15) is 22.3 Å². The fourth-order valence-electron chi connectivity index (χ4n) is 11.4. The maximum Gasteiger partial charge on any atom is 0.143 e. The van der Waals surface area contributed by atoms with Crippen LogP contribution in [0.3, 0.4) is 0 Å². The van der Waals surface area contributed by atoms with E-state index in [1.54, 1.807) is 0 Å². The van der Waals surface area contributed by atoms with Crippen LogP contribution in [-0.4, -0.2) is 4.57 Å². The van der Waals surface area contributed by atoms with E-state index in [4.69, 9.17) is 8.83 Å². The molecule has 0 fully saturated rings. The zero-order chi connectivity index (χ0) is 37.7. The summed E-state index contributed by atoms with van der Waals surface area (Å²) in [6, 6.07) is 60.2.